The highest BCUT2D eigenvalue weighted by Crippen LogP contribution is 2.28. The van der Waals surface area contributed by atoms with E-state index in [1.165, 1.54) is 6.07 Å². The van der Waals surface area contributed by atoms with E-state index in [2.05, 4.69) is 0 Å². The third-order valence-corrected chi connectivity index (χ3v) is 2.18. The standard InChI is InChI=1S/C11H15ClFNO2/c1-2-3-15-4-5-16-11-6-8(12)9(13)7-10(11)14/h6-7H,2-5,14H2,1H3. The first-order valence-corrected chi connectivity index (χ1v) is 5.48. The molecule has 0 aliphatic carbocycles. The maximum absolute atomic E-state index is 13.0. The predicted molar refractivity (Wildman–Crippen MR) is 62.4 cm³/mol. The molecule has 1 aromatic carbocycles. The van der Waals surface area contributed by atoms with Crippen molar-refractivity contribution in [2.45, 2.75) is 13.3 Å². The fourth-order valence-corrected chi connectivity index (χ4v) is 1.28. The summed E-state index contributed by atoms with van der Waals surface area (Å²) in [6, 6.07) is 2.51. The van der Waals surface area contributed by atoms with Crippen molar-refractivity contribution in [3.63, 3.8) is 0 Å². The zero-order valence-corrected chi connectivity index (χ0v) is 9.89. The van der Waals surface area contributed by atoms with Crippen LogP contribution in [0.1, 0.15) is 13.3 Å². The second kappa shape index (κ2) is 6.55. The van der Waals surface area contributed by atoms with E-state index >= 15 is 0 Å². The van der Waals surface area contributed by atoms with Gasteiger partial charge in [-0.25, -0.2) is 4.39 Å². The van der Waals surface area contributed by atoms with Gasteiger partial charge in [-0.1, -0.05) is 18.5 Å². The summed E-state index contributed by atoms with van der Waals surface area (Å²) in [7, 11) is 0. The molecule has 1 aromatic rings. The summed E-state index contributed by atoms with van der Waals surface area (Å²) in [6.45, 7) is 3.57. The topological polar surface area (TPSA) is 44.5 Å². The van der Waals surface area contributed by atoms with E-state index in [0.717, 1.165) is 12.5 Å². The maximum atomic E-state index is 13.0. The molecular formula is C11H15ClFNO2. The number of halogens is 2. The number of nitrogens with two attached hydrogens (primary N) is 1. The van der Waals surface area contributed by atoms with E-state index in [1.54, 1.807) is 0 Å². The van der Waals surface area contributed by atoms with Crippen LogP contribution in [0.2, 0.25) is 5.02 Å². The van der Waals surface area contributed by atoms with Gasteiger partial charge < -0.3 is 15.2 Å². The highest BCUT2D eigenvalue weighted by atomic mass is 35.5. The Bertz CT molecular complexity index is 347. The fraction of sp³-hybridized carbons (Fsp3) is 0.455. The smallest absolute Gasteiger partial charge is 0.144 e. The van der Waals surface area contributed by atoms with Gasteiger partial charge in [0.15, 0.2) is 0 Å². The molecule has 0 fully saturated rings. The minimum absolute atomic E-state index is 0.00123. The van der Waals surface area contributed by atoms with Crippen molar-refractivity contribution in [1.82, 2.24) is 0 Å². The molecule has 0 saturated heterocycles. The third kappa shape index (κ3) is 3.87. The van der Waals surface area contributed by atoms with Gasteiger partial charge in [0, 0.05) is 18.7 Å². The Morgan fingerprint density at radius 3 is 2.75 bits per heavy atom. The first-order chi connectivity index (χ1) is 7.65. The number of nitrogen functional groups attached to an aromatic ring is 1. The molecule has 0 aliphatic rings. The molecule has 0 amide bonds. The van der Waals surface area contributed by atoms with E-state index in [1.807, 2.05) is 6.92 Å². The van der Waals surface area contributed by atoms with Gasteiger partial charge in [0.25, 0.3) is 0 Å². The number of anilines is 1. The van der Waals surface area contributed by atoms with E-state index < -0.39 is 5.82 Å². The zero-order chi connectivity index (χ0) is 12.0. The molecule has 0 unspecified atom stereocenters. The average Bonchev–Trinajstić information content (AvgIpc) is 2.25. The van der Waals surface area contributed by atoms with Gasteiger partial charge >= 0.3 is 0 Å². The lowest BCUT2D eigenvalue weighted by molar-refractivity contribution is 0.101. The molecule has 0 spiro atoms. The SMILES string of the molecule is CCCOCCOc1cc(Cl)c(F)cc1N. The summed E-state index contributed by atoms with van der Waals surface area (Å²) in [5.41, 5.74) is 5.80. The van der Waals surface area contributed by atoms with Crippen molar-refractivity contribution < 1.29 is 13.9 Å². The molecule has 1 rings (SSSR count). The molecule has 0 aliphatic heterocycles. The summed E-state index contributed by atoms with van der Waals surface area (Å²) in [5.74, 6) is -0.166. The van der Waals surface area contributed by atoms with Crippen LogP contribution in [0, 0.1) is 5.82 Å². The van der Waals surface area contributed by atoms with Gasteiger partial charge in [0.1, 0.15) is 18.2 Å². The van der Waals surface area contributed by atoms with Crippen LogP contribution < -0.4 is 10.5 Å². The molecule has 90 valence electrons. The quantitative estimate of drug-likeness (QED) is 0.621. The summed E-state index contributed by atoms with van der Waals surface area (Å²) < 4.78 is 23.5. The maximum Gasteiger partial charge on any atom is 0.144 e. The highest BCUT2D eigenvalue weighted by molar-refractivity contribution is 6.31. The number of benzene rings is 1. The minimum atomic E-state index is -0.547. The minimum Gasteiger partial charge on any atom is -0.489 e. The summed E-state index contributed by atoms with van der Waals surface area (Å²) in [5, 5.41) is -0.00123. The zero-order valence-electron chi connectivity index (χ0n) is 9.13. The van der Waals surface area contributed by atoms with Crippen molar-refractivity contribution >= 4 is 17.3 Å². The molecule has 0 aromatic heterocycles. The van der Waals surface area contributed by atoms with Crippen molar-refractivity contribution in [1.29, 1.82) is 0 Å². The molecule has 0 heterocycles. The second-order valence-corrected chi connectivity index (χ2v) is 3.67. The lowest BCUT2D eigenvalue weighted by Crippen LogP contribution is -2.08. The van der Waals surface area contributed by atoms with Gasteiger partial charge in [0.05, 0.1) is 17.3 Å². The van der Waals surface area contributed by atoms with Crippen LogP contribution in [0.25, 0.3) is 0 Å². The van der Waals surface area contributed by atoms with E-state index in [-0.39, 0.29) is 10.7 Å². The van der Waals surface area contributed by atoms with Crippen molar-refractivity contribution in [2.75, 3.05) is 25.6 Å². The summed E-state index contributed by atoms with van der Waals surface area (Å²) in [4.78, 5) is 0. The largest absolute Gasteiger partial charge is 0.489 e. The number of hydrogen-bond donors (Lipinski definition) is 1. The lowest BCUT2D eigenvalue weighted by Gasteiger charge is -2.09. The first kappa shape index (κ1) is 13.1. The van der Waals surface area contributed by atoms with Crippen LogP contribution in [-0.2, 0) is 4.74 Å². The monoisotopic (exact) mass is 247 g/mol. The third-order valence-electron chi connectivity index (χ3n) is 1.89. The first-order valence-electron chi connectivity index (χ1n) is 5.10. The van der Waals surface area contributed by atoms with Crippen LogP contribution in [0.3, 0.4) is 0 Å². The number of ether oxygens (including phenoxy) is 2. The van der Waals surface area contributed by atoms with E-state index in [4.69, 9.17) is 26.8 Å². The fourth-order valence-electron chi connectivity index (χ4n) is 1.13. The number of rotatable bonds is 6. The Balaban J connectivity index is 2.45. The van der Waals surface area contributed by atoms with Crippen LogP contribution in [0.15, 0.2) is 12.1 Å². The molecule has 16 heavy (non-hydrogen) atoms. The van der Waals surface area contributed by atoms with Gasteiger partial charge in [-0.2, -0.15) is 0 Å². The average molecular weight is 248 g/mol. The Labute approximate surface area is 99.3 Å². The van der Waals surface area contributed by atoms with Crippen molar-refractivity contribution in [3.8, 4) is 5.75 Å². The molecule has 3 nitrogen and oxygen atoms in total. The molecular weight excluding hydrogens is 233 g/mol. The predicted octanol–water partition coefficient (Wildman–Crippen LogP) is 2.87. The van der Waals surface area contributed by atoms with E-state index in [0.29, 0.717) is 25.6 Å². The molecule has 0 saturated carbocycles. The summed E-state index contributed by atoms with van der Waals surface area (Å²) in [6.07, 6.45) is 0.963. The van der Waals surface area contributed by atoms with Gasteiger partial charge in [-0.05, 0) is 6.42 Å². The van der Waals surface area contributed by atoms with Gasteiger partial charge in [0.2, 0.25) is 0 Å². The van der Waals surface area contributed by atoms with Crippen LogP contribution >= 0.6 is 11.6 Å². The molecule has 5 heteroatoms. The van der Waals surface area contributed by atoms with Gasteiger partial charge in [-0.3, -0.25) is 0 Å². The number of hydrogen-bond acceptors (Lipinski definition) is 3. The van der Waals surface area contributed by atoms with Crippen molar-refractivity contribution in [2.24, 2.45) is 0 Å². The Morgan fingerprint density at radius 2 is 2.06 bits per heavy atom. The van der Waals surface area contributed by atoms with Crippen LogP contribution in [0.5, 0.6) is 5.75 Å². The van der Waals surface area contributed by atoms with Gasteiger partial charge in [-0.15, -0.1) is 0 Å². The summed E-state index contributed by atoms with van der Waals surface area (Å²) >= 11 is 5.61. The normalized spacial score (nSPS) is 10.4. The Hall–Kier alpha value is -1.00. The van der Waals surface area contributed by atoms with E-state index in [9.17, 15) is 4.39 Å². The molecule has 0 bridgehead atoms. The van der Waals surface area contributed by atoms with Crippen molar-refractivity contribution in [3.05, 3.63) is 23.0 Å². The molecule has 0 atom stereocenters. The van der Waals surface area contributed by atoms with Crippen LogP contribution in [0.4, 0.5) is 10.1 Å². The Morgan fingerprint density at radius 1 is 1.31 bits per heavy atom. The Kier molecular flexibility index (Phi) is 5.35. The highest BCUT2D eigenvalue weighted by Gasteiger charge is 2.06. The lowest BCUT2D eigenvalue weighted by atomic mass is 10.3. The second-order valence-electron chi connectivity index (χ2n) is 3.26. The van der Waals surface area contributed by atoms with Crippen LogP contribution in [-0.4, -0.2) is 19.8 Å². The molecule has 2 N–H and O–H groups in total. The molecule has 0 radical (unpaired) electrons.